The quantitative estimate of drug-likeness (QED) is 0.745. The number of fused-ring (bicyclic) bond motifs is 1. The predicted molar refractivity (Wildman–Crippen MR) is 106 cm³/mol. The van der Waals surface area contributed by atoms with Crippen LogP contribution in [0.2, 0.25) is 0 Å². The molecule has 0 spiro atoms. The highest BCUT2D eigenvalue weighted by Crippen LogP contribution is 2.34. The average molecular weight is 375 g/mol. The van der Waals surface area contributed by atoms with Gasteiger partial charge in [0.2, 0.25) is 0 Å². The Bertz CT molecular complexity index is 780. The molecule has 0 unspecified atom stereocenters. The fourth-order valence-corrected chi connectivity index (χ4v) is 3.98. The summed E-state index contributed by atoms with van der Waals surface area (Å²) in [5, 5.41) is 2.30. The average Bonchev–Trinajstić information content (AvgIpc) is 2.60. The molecule has 26 heavy (non-hydrogen) atoms. The highest BCUT2D eigenvalue weighted by Gasteiger charge is 2.26. The molecule has 1 amide bonds. The van der Waals surface area contributed by atoms with Crippen LogP contribution in [0.1, 0.15) is 20.8 Å². The maximum atomic E-state index is 12.2. The molecule has 1 fully saturated rings. The summed E-state index contributed by atoms with van der Waals surface area (Å²) < 4.78 is 13.2. The van der Waals surface area contributed by atoms with E-state index in [0.29, 0.717) is 13.1 Å². The van der Waals surface area contributed by atoms with Crippen LogP contribution in [-0.4, -0.2) is 54.2 Å². The van der Waals surface area contributed by atoms with Crippen molar-refractivity contribution < 1.29 is 14.3 Å². The topological polar surface area (TPSA) is 42.0 Å². The summed E-state index contributed by atoms with van der Waals surface area (Å²) >= 11 is 1.74. The van der Waals surface area contributed by atoms with E-state index in [1.165, 1.54) is 10.3 Å². The van der Waals surface area contributed by atoms with E-state index in [2.05, 4.69) is 28.6 Å². The van der Waals surface area contributed by atoms with Crippen molar-refractivity contribution in [1.29, 1.82) is 0 Å². The van der Waals surface area contributed by atoms with Gasteiger partial charge in [0.25, 0.3) is 0 Å². The minimum atomic E-state index is -0.453. The number of carbonyl (C=O) groups excluding carboxylic acids is 1. The fourth-order valence-electron chi connectivity index (χ4n) is 2.94. The molecule has 1 saturated heterocycles. The number of hydrogen-bond donors (Lipinski definition) is 0. The van der Waals surface area contributed by atoms with Gasteiger partial charge in [0.1, 0.15) is 11.4 Å². The lowest BCUT2D eigenvalue weighted by molar-refractivity contribution is 0.0197. The second kappa shape index (κ2) is 7.76. The Morgan fingerprint density at radius 3 is 2.31 bits per heavy atom. The van der Waals surface area contributed by atoms with Gasteiger partial charge in [-0.1, -0.05) is 24.3 Å². The third kappa shape index (κ3) is 4.43. The van der Waals surface area contributed by atoms with Crippen molar-refractivity contribution in [1.82, 2.24) is 9.21 Å². The first-order chi connectivity index (χ1) is 12.4. The van der Waals surface area contributed by atoms with Crippen molar-refractivity contribution in [2.24, 2.45) is 0 Å². The summed E-state index contributed by atoms with van der Waals surface area (Å²) in [5.41, 5.74) is -0.453. The Kier molecular flexibility index (Phi) is 5.63. The normalized spacial score (nSPS) is 15.9. The highest BCUT2D eigenvalue weighted by molar-refractivity contribution is 7.97. The van der Waals surface area contributed by atoms with Gasteiger partial charge in [-0.15, -0.1) is 0 Å². The number of benzene rings is 2. The van der Waals surface area contributed by atoms with Gasteiger partial charge >= 0.3 is 6.09 Å². The Labute approximate surface area is 159 Å². The summed E-state index contributed by atoms with van der Waals surface area (Å²) in [6.07, 6.45) is -0.225. The lowest BCUT2D eigenvalue weighted by atomic mass is 10.1. The van der Waals surface area contributed by atoms with Crippen molar-refractivity contribution in [3.8, 4) is 5.75 Å². The molecule has 5 nitrogen and oxygen atoms in total. The predicted octanol–water partition coefficient (Wildman–Crippen LogP) is 4.41. The number of carbonyl (C=O) groups is 1. The summed E-state index contributed by atoms with van der Waals surface area (Å²) in [7, 11) is 1.70. The smallest absolute Gasteiger partial charge is 0.410 e. The third-order valence-electron chi connectivity index (χ3n) is 4.18. The molecule has 1 aliphatic rings. The molecule has 140 valence electrons. The SMILES string of the molecule is COc1cccc2c(SN3CCN(C(=O)OC(C)(C)C)CC3)cccc12. The van der Waals surface area contributed by atoms with E-state index >= 15 is 0 Å². The lowest BCUT2D eigenvalue weighted by Crippen LogP contribution is -2.47. The number of piperazine rings is 1. The van der Waals surface area contributed by atoms with Gasteiger partial charge in [0.15, 0.2) is 0 Å². The number of ether oxygens (including phenoxy) is 2. The number of amides is 1. The molecule has 0 aliphatic carbocycles. The van der Waals surface area contributed by atoms with Crippen molar-refractivity contribution in [2.45, 2.75) is 31.3 Å². The minimum absolute atomic E-state index is 0.225. The molecule has 2 aromatic carbocycles. The van der Waals surface area contributed by atoms with E-state index in [4.69, 9.17) is 9.47 Å². The second-order valence-corrected chi connectivity index (χ2v) is 8.44. The molecule has 3 rings (SSSR count). The fraction of sp³-hybridized carbons (Fsp3) is 0.450. The summed E-state index contributed by atoms with van der Waals surface area (Å²) in [6, 6.07) is 12.4. The highest BCUT2D eigenvalue weighted by atomic mass is 32.2. The standard InChI is InChI=1S/C20H26N2O3S/c1-20(2,3)25-19(23)21-11-13-22(14-12-21)26-18-10-6-7-15-16(18)8-5-9-17(15)24-4/h5-10H,11-14H2,1-4H3. The zero-order valence-electron chi connectivity index (χ0n) is 15.8. The molecule has 0 radical (unpaired) electrons. The number of hydrogen-bond acceptors (Lipinski definition) is 5. The maximum absolute atomic E-state index is 12.2. The van der Waals surface area contributed by atoms with Gasteiger partial charge in [0.05, 0.1) is 7.11 Å². The first-order valence-corrected chi connectivity index (χ1v) is 9.61. The lowest BCUT2D eigenvalue weighted by Gasteiger charge is -2.35. The van der Waals surface area contributed by atoms with Crippen LogP contribution in [0.5, 0.6) is 5.75 Å². The summed E-state index contributed by atoms with van der Waals surface area (Å²) in [4.78, 5) is 15.2. The van der Waals surface area contributed by atoms with Crippen molar-refractivity contribution in [3.05, 3.63) is 36.4 Å². The maximum Gasteiger partial charge on any atom is 0.410 e. The second-order valence-electron chi connectivity index (χ2n) is 7.30. The number of methoxy groups -OCH3 is 1. The molecule has 0 aromatic heterocycles. The van der Waals surface area contributed by atoms with Gasteiger partial charge in [0, 0.05) is 41.8 Å². The van der Waals surface area contributed by atoms with E-state index < -0.39 is 5.60 Å². The first kappa shape index (κ1) is 18.9. The molecule has 0 bridgehead atoms. The zero-order valence-corrected chi connectivity index (χ0v) is 16.6. The van der Waals surface area contributed by atoms with Crippen LogP contribution in [0.25, 0.3) is 10.8 Å². The molecule has 6 heteroatoms. The summed E-state index contributed by atoms with van der Waals surface area (Å²) in [6.45, 7) is 8.66. The third-order valence-corrected chi connectivity index (χ3v) is 5.36. The number of rotatable bonds is 3. The van der Waals surface area contributed by atoms with Crippen LogP contribution in [0.15, 0.2) is 41.3 Å². The number of nitrogens with zero attached hydrogens (tertiary/aromatic N) is 2. The molecule has 2 aromatic rings. The van der Waals surface area contributed by atoms with E-state index in [1.807, 2.05) is 32.9 Å². The molecule has 0 N–H and O–H groups in total. The van der Waals surface area contributed by atoms with Gasteiger partial charge in [-0.05, 0) is 44.9 Å². The molecule has 0 saturated carbocycles. The van der Waals surface area contributed by atoms with E-state index in [9.17, 15) is 4.79 Å². The largest absolute Gasteiger partial charge is 0.496 e. The minimum Gasteiger partial charge on any atom is -0.496 e. The summed E-state index contributed by atoms with van der Waals surface area (Å²) in [5.74, 6) is 0.889. The van der Waals surface area contributed by atoms with E-state index in [-0.39, 0.29) is 6.09 Å². The Balaban J connectivity index is 1.65. The Morgan fingerprint density at radius 1 is 1.00 bits per heavy atom. The van der Waals surface area contributed by atoms with Gasteiger partial charge in [-0.3, -0.25) is 0 Å². The van der Waals surface area contributed by atoms with Crippen molar-refractivity contribution >= 4 is 28.8 Å². The first-order valence-electron chi connectivity index (χ1n) is 8.84. The molecule has 0 atom stereocenters. The van der Waals surface area contributed by atoms with Gasteiger partial charge in [-0.25, -0.2) is 9.10 Å². The molecular weight excluding hydrogens is 348 g/mol. The van der Waals surface area contributed by atoms with Crippen LogP contribution in [0.3, 0.4) is 0 Å². The van der Waals surface area contributed by atoms with Crippen LogP contribution < -0.4 is 4.74 Å². The molecule has 1 heterocycles. The van der Waals surface area contributed by atoms with Crippen molar-refractivity contribution in [2.75, 3.05) is 33.3 Å². The van der Waals surface area contributed by atoms with Crippen LogP contribution in [0, 0.1) is 0 Å². The van der Waals surface area contributed by atoms with Crippen LogP contribution in [-0.2, 0) is 4.74 Å². The molecule has 1 aliphatic heterocycles. The van der Waals surface area contributed by atoms with Gasteiger partial charge in [-0.2, -0.15) is 0 Å². The Morgan fingerprint density at radius 2 is 1.65 bits per heavy atom. The Hall–Kier alpha value is -1.92. The van der Waals surface area contributed by atoms with E-state index in [1.54, 1.807) is 24.0 Å². The van der Waals surface area contributed by atoms with Crippen LogP contribution in [0.4, 0.5) is 4.79 Å². The van der Waals surface area contributed by atoms with E-state index in [0.717, 1.165) is 24.2 Å². The van der Waals surface area contributed by atoms with Crippen LogP contribution >= 0.6 is 11.9 Å². The molecular formula is C20H26N2O3S. The monoisotopic (exact) mass is 374 g/mol. The zero-order chi connectivity index (χ0) is 18.7. The van der Waals surface area contributed by atoms with Gasteiger partial charge < -0.3 is 14.4 Å². The van der Waals surface area contributed by atoms with Crippen molar-refractivity contribution in [3.63, 3.8) is 0 Å².